The molecule has 24 heavy (non-hydrogen) atoms. The summed E-state index contributed by atoms with van der Waals surface area (Å²) in [5.41, 5.74) is 4.89. The Morgan fingerprint density at radius 1 is 0.875 bits per heavy atom. The van der Waals surface area contributed by atoms with Crippen LogP contribution < -0.4 is 0 Å². The second kappa shape index (κ2) is 6.04. The molecular formula is C22H20N2. The maximum atomic E-state index is 4.47. The van der Waals surface area contributed by atoms with E-state index in [2.05, 4.69) is 72.3 Å². The van der Waals surface area contributed by atoms with Gasteiger partial charge in [-0.2, -0.15) is 0 Å². The van der Waals surface area contributed by atoms with Gasteiger partial charge < -0.3 is 0 Å². The number of aromatic nitrogens is 2. The van der Waals surface area contributed by atoms with E-state index in [4.69, 9.17) is 0 Å². The molecule has 2 heterocycles. The van der Waals surface area contributed by atoms with Gasteiger partial charge in [0.1, 0.15) is 0 Å². The van der Waals surface area contributed by atoms with Gasteiger partial charge in [0.2, 0.25) is 0 Å². The van der Waals surface area contributed by atoms with Gasteiger partial charge in [0.25, 0.3) is 0 Å². The normalized spacial score (nSPS) is 12.6. The summed E-state index contributed by atoms with van der Waals surface area (Å²) in [6.45, 7) is 4.36. The van der Waals surface area contributed by atoms with Crippen LogP contribution in [0.3, 0.4) is 0 Å². The van der Waals surface area contributed by atoms with E-state index in [0.29, 0.717) is 5.92 Å². The fourth-order valence-electron chi connectivity index (χ4n) is 3.52. The average Bonchev–Trinajstić information content (AvgIpc) is 2.61. The number of benzene rings is 2. The molecule has 0 spiro atoms. The lowest BCUT2D eigenvalue weighted by molar-refractivity contribution is 0.765. The van der Waals surface area contributed by atoms with Crippen LogP contribution in [0.25, 0.3) is 21.7 Å². The summed E-state index contributed by atoms with van der Waals surface area (Å²) < 4.78 is 0. The van der Waals surface area contributed by atoms with Crippen molar-refractivity contribution in [2.45, 2.75) is 26.2 Å². The van der Waals surface area contributed by atoms with Crippen molar-refractivity contribution in [3.63, 3.8) is 0 Å². The zero-order chi connectivity index (χ0) is 16.5. The van der Waals surface area contributed by atoms with E-state index in [1.807, 2.05) is 18.5 Å². The lowest BCUT2D eigenvalue weighted by Crippen LogP contribution is -2.00. The predicted molar refractivity (Wildman–Crippen MR) is 100 cm³/mol. The first kappa shape index (κ1) is 14.8. The van der Waals surface area contributed by atoms with Gasteiger partial charge in [0, 0.05) is 28.9 Å². The van der Waals surface area contributed by atoms with Crippen molar-refractivity contribution in [3.05, 3.63) is 83.8 Å². The summed E-state index contributed by atoms with van der Waals surface area (Å²) in [5.74, 6) is 0.443. The van der Waals surface area contributed by atoms with Crippen LogP contribution >= 0.6 is 0 Å². The molecule has 0 bridgehead atoms. The van der Waals surface area contributed by atoms with Crippen molar-refractivity contribution < 1.29 is 0 Å². The Morgan fingerprint density at radius 3 is 2.62 bits per heavy atom. The smallest absolute Gasteiger partial charge is 0.0704 e. The highest BCUT2D eigenvalue weighted by Gasteiger charge is 2.11. The molecule has 0 aliphatic heterocycles. The van der Waals surface area contributed by atoms with Crippen LogP contribution in [0.5, 0.6) is 0 Å². The molecule has 2 aromatic heterocycles. The SMILES string of the molecule is Cc1nccc2cc(CC(C)c3ccnc4ccccc34)ccc12. The highest BCUT2D eigenvalue weighted by Crippen LogP contribution is 2.28. The van der Waals surface area contributed by atoms with E-state index >= 15 is 0 Å². The van der Waals surface area contributed by atoms with Gasteiger partial charge in [-0.05, 0) is 54.0 Å². The third kappa shape index (κ3) is 2.65. The van der Waals surface area contributed by atoms with Gasteiger partial charge >= 0.3 is 0 Å². The molecule has 0 aliphatic carbocycles. The van der Waals surface area contributed by atoms with E-state index in [1.165, 1.54) is 27.3 Å². The van der Waals surface area contributed by atoms with E-state index < -0.39 is 0 Å². The van der Waals surface area contributed by atoms with Crippen molar-refractivity contribution in [2.75, 3.05) is 0 Å². The summed E-state index contributed by atoms with van der Waals surface area (Å²) in [5, 5.41) is 3.77. The number of pyridine rings is 2. The van der Waals surface area contributed by atoms with Crippen molar-refractivity contribution in [1.82, 2.24) is 9.97 Å². The van der Waals surface area contributed by atoms with Gasteiger partial charge in [-0.15, -0.1) is 0 Å². The zero-order valence-corrected chi connectivity index (χ0v) is 14.0. The lowest BCUT2D eigenvalue weighted by atomic mass is 9.90. The van der Waals surface area contributed by atoms with Crippen LogP contribution in [-0.4, -0.2) is 9.97 Å². The summed E-state index contributed by atoms with van der Waals surface area (Å²) >= 11 is 0. The van der Waals surface area contributed by atoms with Crippen molar-refractivity contribution in [1.29, 1.82) is 0 Å². The molecule has 0 fully saturated rings. The number of nitrogens with zero attached hydrogens (tertiary/aromatic N) is 2. The maximum Gasteiger partial charge on any atom is 0.0704 e. The molecule has 2 aromatic carbocycles. The molecule has 0 saturated heterocycles. The zero-order valence-electron chi connectivity index (χ0n) is 14.0. The summed E-state index contributed by atoms with van der Waals surface area (Å²) in [4.78, 5) is 8.85. The molecular weight excluding hydrogens is 292 g/mol. The number of fused-ring (bicyclic) bond motifs is 2. The van der Waals surface area contributed by atoms with Gasteiger partial charge in [-0.1, -0.05) is 43.3 Å². The third-order valence-corrected chi connectivity index (χ3v) is 4.78. The Hall–Kier alpha value is -2.74. The first-order valence-electron chi connectivity index (χ1n) is 8.40. The number of hydrogen-bond donors (Lipinski definition) is 0. The molecule has 0 N–H and O–H groups in total. The van der Waals surface area contributed by atoms with E-state index in [1.54, 1.807) is 0 Å². The third-order valence-electron chi connectivity index (χ3n) is 4.78. The Balaban J connectivity index is 1.69. The molecule has 118 valence electrons. The van der Waals surface area contributed by atoms with Crippen molar-refractivity contribution in [2.24, 2.45) is 0 Å². The fraction of sp³-hybridized carbons (Fsp3) is 0.182. The summed E-state index contributed by atoms with van der Waals surface area (Å²) in [7, 11) is 0. The van der Waals surface area contributed by atoms with Crippen LogP contribution in [0, 0.1) is 6.92 Å². The Bertz CT molecular complexity index is 1020. The van der Waals surface area contributed by atoms with Crippen LogP contribution in [0.15, 0.2) is 67.0 Å². The Labute approximate surface area is 142 Å². The molecule has 0 amide bonds. The molecule has 1 unspecified atom stereocenters. The fourth-order valence-corrected chi connectivity index (χ4v) is 3.52. The maximum absolute atomic E-state index is 4.47. The topological polar surface area (TPSA) is 25.8 Å². The summed E-state index contributed by atoms with van der Waals surface area (Å²) in [6, 6.07) is 19.4. The molecule has 2 heteroatoms. The average molecular weight is 312 g/mol. The number of rotatable bonds is 3. The molecule has 4 aromatic rings. The second-order valence-electron chi connectivity index (χ2n) is 6.47. The number of hydrogen-bond acceptors (Lipinski definition) is 2. The van der Waals surface area contributed by atoms with Crippen LogP contribution in [0.1, 0.15) is 29.7 Å². The molecule has 0 aliphatic rings. The number of aryl methyl sites for hydroxylation is 1. The van der Waals surface area contributed by atoms with Crippen molar-refractivity contribution >= 4 is 21.7 Å². The van der Waals surface area contributed by atoms with Gasteiger partial charge in [-0.25, -0.2) is 0 Å². The highest BCUT2D eigenvalue weighted by molar-refractivity contribution is 5.85. The molecule has 0 saturated carbocycles. The monoisotopic (exact) mass is 312 g/mol. The second-order valence-corrected chi connectivity index (χ2v) is 6.47. The van der Waals surface area contributed by atoms with E-state index in [-0.39, 0.29) is 0 Å². The van der Waals surface area contributed by atoms with E-state index in [0.717, 1.165) is 17.6 Å². The van der Waals surface area contributed by atoms with Gasteiger partial charge in [-0.3, -0.25) is 9.97 Å². The molecule has 0 radical (unpaired) electrons. The molecule has 1 atom stereocenters. The number of para-hydroxylation sites is 1. The van der Waals surface area contributed by atoms with Crippen LogP contribution in [-0.2, 0) is 6.42 Å². The first-order valence-corrected chi connectivity index (χ1v) is 8.40. The van der Waals surface area contributed by atoms with E-state index in [9.17, 15) is 0 Å². The first-order chi connectivity index (χ1) is 11.7. The Kier molecular flexibility index (Phi) is 3.73. The minimum absolute atomic E-state index is 0.443. The van der Waals surface area contributed by atoms with Crippen molar-refractivity contribution in [3.8, 4) is 0 Å². The quantitative estimate of drug-likeness (QED) is 0.503. The summed E-state index contributed by atoms with van der Waals surface area (Å²) in [6.07, 6.45) is 4.83. The van der Waals surface area contributed by atoms with Gasteiger partial charge in [0.15, 0.2) is 0 Å². The van der Waals surface area contributed by atoms with Gasteiger partial charge in [0.05, 0.1) is 5.52 Å². The minimum Gasteiger partial charge on any atom is -0.261 e. The largest absolute Gasteiger partial charge is 0.261 e. The molecule has 2 nitrogen and oxygen atoms in total. The Morgan fingerprint density at radius 2 is 1.71 bits per heavy atom. The minimum atomic E-state index is 0.443. The van der Waals surface area contributed by atoms with Crippen LogP contribution in [0.4, 0.5) is 0 Å². The van der Waals surface area contributed by atoms with Crippen LogP contribution in [0.2, 0.25) is 0 Å². The highest BCUT2D eigenvalue weighted by atomic mass is 14.7. The molecule has 4 rings (SSSR count). The standard InChI is InChI=1S/C22H20N2/c1-15(19-10-12-24-22-6-4-3-5-21(19)22)13-17-7-8-20-16(2)23-11-9-18(20)14-17/h3-12,14-15H,13H2,1-2H3. The lowest BCUT2D eigenvalue weighted by Gasteiger charge is -2.15. The predicted octanol–water partition coefficient (Wildman–Crippen LogP) is 5.44.